The topological polar surface area (TPSA) is 38.3 Å². The maximum atomic E-state index is 11.6. The van der Waals surface area contributed by atoms with Crippen molar-refractivity contribution in [2.75, 3.05) is 0 Å². The molecule has 2 aromatic rings. The summed E-state index contributed by atoms with van der Waals surface area (Å²) in [6.07, 6.45) is -0.437. The Morgan fingerprint density at radius 3 is 2.44 bits per heavy atom. The van der Waals surface area contributed by atoms with E-state index in [4.69, 9.17) is 4.74 Å². The number of nitrogens with one attached hydrogen (secondary N) is 1. The van der Waals surface area contributed by atoms with Gasteiger partial charge in [0.05, 0.1) is 0 Å². The molecule has 0 aromatic heterocycles. The van der Waals surface area contributed by atoms with Gasteiger partial charge in [-0.15, -0.1) is 0 Å². The smallest absolute Gasteiger partial charge is 0.410 e. The van der Waals surface area contributed by atoms with Crippen LogP contribution in [0.2, 0.25) is 0 Å². The van der Waals surface area contributed by atoms with Gasteiger partial charge >= 0.3 is 6.09 Å². The fraction of sp³-hybridized carbons (Fsp3) is 0.133. The van der Waals surface area contributed by atoms with E-state index in [0.717, 1.165) is 11.1 Å². The number of rotatable bonds is 3. The van der Waals surface area contributed by atoms with Crippen LogP contribution in [0.4, 0.5) is 4.79 Å². The maximum absolute atomic E-state index is 11.6. The highest BCUT2D eigenvalue weighted by Crippen LogP contribution is 2.16. The molecule has 0 heterocycles. The van der Waals surface area contributed by atoms with Crippen LogP contribution in [-0.4, -0.2) is 6.09 Å². The number of carbonyl (C=O) groups excluding carboxylic acids is 1. The second-order valence-electron chi connectivity index (χ2n) is 3.99. The van der Waals surface area contributed by atoms with E-state index in [0.29, 0.717) is 12.3 Å². The zero-order valence-corrected chi connectivity index (χ0v) is 10.2. The molecule has 3 heteroatoms. The first-order valence-corrected chi connectivity index (χ1v) is 5.81. The van der Waals surface area contributed by atoms with Gasteiger partial charge in [0, 0.05) is 6.54 Å². The summed E-state index contributed by atoms with van der Waals surface area (Å²) in [6.45, 7) is 2.37. The molecule has 0 aliphatic rings. The molecule has 0 fully saturated rings. The van der Waals surface area contributed by atoms with Crippen molar-refractivity contribution >= 4 is 6.09 Å². The van der Waals surface area contributed by atoms with Crippen LogP contribution in [0.3, 0.4) is 0 Å². The van der Waals surface area contributed by atoms with Crippen molar-refractivity contribution in [3.8, 4) is 5.75 Å². The van der Waals surface area contributed by atoms with Crippen molar-refractivity contribution in [1.82, 2.24) is 5.32 Å². The number of carbonyl (C=O) groups is 1. The van der Waals surface area contributed by atoms with Crippen LogP contribution < -0.4 is 10.1 Å². The summed E-state index contributed by atoms with van der Waals surface area (Å²) in [4.78, 5) is 11.6. The Hall–Kier alpha value is -2.29. The summed E-state index contributed by atoms with van der Waals surface area (Å²) < 4.78 is 5.22. The van der Waals surface area contributed by atoms with Crippen molar-refractivity contribution in [1.29, 1.82) is 0 Å². The number of benzene rings is 2. The molecule has 3 nitrogen and oxygen atoms in total. The molecular formula is C15H15NO2. The molecule has 0 aliphatic carbocycles. The van der Waals surface area contributed by atoms with Gasteiger partial charge in [0.2, 0.25) is 0 Å². The lowest BCUT2D eigenvalue weighted by molar-refractivity contribution is 0.199. The lowest BCUT2D eigenvalue weighted by Crippen LogP contribution is -2.26. The Balaban J connectivity index is 1.88. The van der Waals surface area contributed by atoms with Crippen molar-refractivity contribution in [3.05, 3.63) is 65.7 Å². The van der Waals surface area contributed by atoms with Gasteiger partial charge in [0.1, 0.15) is 5.75 Å². The van der Waals surface area contributed by atoms with E-state index >= 15 is 0 Å². The summed E-state index contributed by atoms with van der Waals surface area (Å²) >= 11 is 0. The minimum Gasteiger partial charge on any atom is -0.410 e. The summed E-state index contributed by atoms with van der Waals surface area (Å²) in [5.41, 5.74) is 1.98. The van der Waals surface area contributed by atoms with Gasteiger partial charge in [-0.25, -0.2) is 4.79 Å². The van der Waals surface area contributed by atoms with Crippen molar-refractivity contribution in [3.63, 3.8) is 0 Å². The number of hydrogen-bond donors (Lipinski definition) is 1. The summed E-state index contributed by atoms with van der Waals surface area (Å²) in [6, 6.07) is 17.1. The highest BCUT2D eigenvalue weighted by Gasteiger charge is 2.05. The average Bonchev–Trinajstić information content (AvgIpc) is 2.40. The molecule has 0 saturated heterocycles. The van der Waals surface area contributed by atoms with Gasteiger partial charge in [-0.2, -0.15) is 0 Å². The molecule has 2 aromatic carbocycles. The molecule has 1 amide bonds. The Morgan fingerprint density at radius 1 is 1.06 bits per heavy atom. The molecular weight excluding hydrogens is 226 g/mol. The molecule has 2 rings (SSSR count). The Bertz CT molecular complexity index is 523. The van der Waals surface area contributed by atoms with Crippen LogP contribution in [0.25, 0.3) is 0 Å². The molecule has 18 heavy (non-hydrogen) atoms. The molecule has 0 bridgehead atoms. The van der Waals surface area contributed by atoms with Gasteiger partial charge in [-0.1, -0.05) is 48.5 Å². The largest absolute Gasteiger partial charge is 0.412 e. The van der Waals surface area contributed by atoms with Gasteiger partial charge in [0.15, 0.2) is 0 Å². The Labute approximate surface area is 106 Å². The molecule has 0 aliphatic heterocycles. The minimum absolute atomic E-state index is 0.437. The first-order valence-electron chi connectivity index (χ1n) is 5.81. The van der Waals surface area contributed by atoms with E-state index in [1.165, 1.54) is 0 Å². The number of aryl methyl sites for hydroxylation is 1. The zero-order chi connectivity index (χ0) is 12.8. The Kier molecular flexibility index (Phi) is 3.97. The maximum Gasteiger partial charge on any atom is 0.412 e. The van der Waals surface area contributed by atoms with Gasteiger partial charge < -0.3 is 10.1 Å². The van der Waals surface area contributed by atoms with Gasteiger partial charge in [-0.05, 0) is 24.1 Å². The molecule has 92 valence electrons. The minimum atomic E-state index is -0.437. The molecule has 0 radical (unpaired) electrons. The van der Waals surface area contributed by atoms with Crippen LogP contribution in [0.5, 0.6) is 5.75 Å². The van der Waals surface area contributed by atoms with Gasteiger partial charge in [-0.3, -0.25) is 0 Å². The quantitative estimate of drug-likeness (QED) is 0.895. The van der Waals surface area contributed by atoms with Crippen molar-refractivity contribution in [2.24, 2.45) is 0 Å². The average molecular weight is 241 g/mol. The van der Waals surface area contributed by atoms with Crippen molar-refractivity contribution < 1.29 is 9.53 Å². The summed E-state index contributed by atoms with van der Waals surface area (Å²) in [5.74, 6) is 0.586. The predicted molar refractivity (Wildman–Crippen MR) is 70.5 cm³/mol. The lowest BCUT2D eigenvalue weighted by atomic mass is 10.2. The molecule has 0 atom stereocenters. The first-order chi connectivity index (χ1) is 8.75. The third-order valence-electron chi connectivity index (χ3n) is 2.58. The standard InChI is InChI=1S/C15H15NO2/c1-12-7-5-6-10-14(12)18-15(17)16-11-13-8-3-2-4-9-13/h2-10H,11H2,1H3,(H,16,17). The molecule has 0 saturated carbocycles. The fourth-order valence-electron chi connectivity index (χ4n) is 1.58. The fourth-order valence-corrected chi connectivity index (χ4v) is 1.58. The van der Waals surface area contributed by atoms with Crippen LogP contribution in [0.15, 0.2) is 54.6 Å². The predicted octanol–water partition coefficient (Wildman–Crippen LogP) is 3.28. The number of ether oxygens (including phenoxy) is 1. The second kappa shape index (κ2) is 5.87. The van der Waals surface area contributed by atoms with Crippen molar-refractivity contribution in [2.45, 2.75) is 13.5 Å². The molecule has 0 spiro atoms. The number of hydrogen-bond acceptors (Lipinski definition) is 2. The highest BCUT2D eigenvalue weighted by molar-refractivity contribution is 5.70. The molecule has 1 N–H and O–H groups in total. The third kappa shape index (κ3) is 3.35. The normalized spacial score (nSPS) is 9.83. The first kappa shape index (κ1) is 12.2. The SMILES string of the molecule is Cc1ccccc1OC(=O)NCc1ccccc1. The van der Waals surface area contributed by atoms with Gasteiger partial charge in [0.25, 0.3) is 0 Å². The van der Waals surface area contributed by atoms with E-state index in [-0.39, 0.29) is 0 Å². The Morgan fingerprint density at radius 2 is 1.72 bits per heavy atom. The van der Waals surface area contributed by atoms with Crippen LogP contribution in [-0.2, 0) is 6.54 Å². The van der Waals surface area contributed by atoms with E-state index in [1.807, 2.05) is 55.5 Å². The van der Waals surface area contributed by atoms with Crippen LogP contribution in [0, 0.1) is 6.92 Å². The van der Waals surface area contributed by atoms with E-state index < -0.39 is 6.09 Å². The van der Waals surface area contributed by atoms with E-state index in [2.05, 4.69) is 5.32 Å². The van der Waals surface area contributed by atoms with Crippen LogP contribution >= 0.6 is 0 Å². The lowest BCUT2D eigenvalue weighted by Gasteiger charge is -2.08. The monoisotopic (exact) mass is 241 g/mol. The number of amides is 1. The third-order valence-corrected chi connectivity index (χ3v) is 2.58. The van der Waals surface area contributed by atoms with Crippen LogP contribution in [0.1, 0.15) is 11.1 Å². The zero-order valence-electron chi connectivity index (χ0n) is 10.2. The second-order valence-corrected chi connectivity index (χ2v) is 3.99. The number of para-hydroxylation sites is 1. The van der Waals surface area contributed by atoms with E-state index in [1.54, 1.807) is 6.07 Å². The highest BCUT2D eigenvalue weighted by atomic mass is 16.6. The summed E-state index contributed by atoms with van der Waals surface area (Å²) in [5, 5.41) is 2.71. The molecule has 0 unspecified atom stereocenters. The summed E-state index contributed by atoms with van der Waals surface area (Å²) in [7, 11) is 0. The van der Waals surface area contributed by atoms with E-state index in [9.17, 15) is 4.79 Å².